The smallest absolute Gasteiger partial charge is 0.302 e. The first-order valence-electron chi connectivity index (χ1n) is 21.8. The van der Waals surface area contributed by atoms with E-state index in [9.17, 15) is 49.8 Å². The van der Waals surface area contributed by atoms with Gasteiger partial charge in [-0.2, -0.15) is 0 Å². The first-order chi connectivity index (χ1) is 27.7. The van der Waals surface area contributed by atoms with Crippen LogP contribution in [0.1, 0.15) is 100 Å². The lowest BCUT2D eigenvalue weighted by Crippen LogP contribution is -2.75. The van der Waals surface area contributed by atoms with E-state index in [-0.39, 0.29) is 51.6 Å². The van der Waals surface area contributed by atoms with Crippen LogP contribution in [0.25, 0.3) is 0 Å². The second kappa shape index (κ2) is 13.4. The third-order valence-electron chi connectivity index (χ3n) is 18.9. The number of ether oxygens (including phenoxy) is 3. The summed E-state index contributed by atoms with van der Waals surface area (Å²) in [7, 11) is 1.40. The van der Waals surface area contributed by atoms with Crippen molar-refractivity contribution in [2.24, 2.45) is 79.3 Å². The summed E-state index contributed by atoms with van der Waals surface area (Å²) in [6, 6.07) is 0. The van der Waals surface area contributed by atoms with Crippen molar-refractivity contribution in [2.75, 3.05) is 13.7 Å². The number of Topliss-reactive ketones (excluding diaryl/α,β-unsaturated/α-hetero) is 4. The molecule has 8 aliphatic rings. The molecule has 0 saturated heterocycles. The summed E-state index contributed by atoms with van der Waals surface area (Å²) in [4.78, 5) is 86.5. The SMILES string of the molecule is COC[C@@]1(C[C@@H]2C(=O)[C@]34C[C@H]2C[C@H](OC(C)=O)[C@H]3[C@]2(C)[C@@H](OC(C)=O)C[C@H](O)C(C)(C)[C@H]2C(=O)[C@@H]4O)C(=O)[C@]23C[C@H]1C[C@H](O)[C@H]2[C@@]1(C)[C@H](C(=O)[C@@H]3O)C(C)(C)[C@@H](O)C[C@@H]1O. The summed E-state index contributed by atoms with van der Waals surface area (Å²) in [6.45, 7) is 12.4. The number of hydrogen-bond acceptors (Lipinski definition) is 15. The number of ketones is 4. The number of carbonyl (C=O) groups is 6. The highest BCUT2D eigenvalue weighted by atomic mass is 16.6. The van der Waals surface area contributed by atoms with Crippen molar-refractivity contribution in [3.63, 3.8) is 0 Å². The predicted molar refractivity (Wildman–Crippen MR) is 207 cm³/mol. The molecule has 0 heterocycles. The summed E-state index contributed by atoms with van der Waals surface area (Å²) < 4.78 is 17.8. The fourth-order valence-corrected chi connectivity index (χ4v) is 16.9. The molecule has 8 aliphatic carbocycles. The second-order valence-electron chi connectivity index (χ2n) is 22.1. The molecule has 0 aromatic rings. The molecule has 8 rings (SSSR count). The highest BCUT2D eigenvalue weighted by molar-refractivity contribution is 6.04. The molecule has 15 nitrogen and oxygen atoms in total. The number of carbonyl (C=O) groups excluding carboxylic acids is 6. The lowest BCUT2D eigenvalue weighted by molar-refractivity contribution is -0.261. The van der Waals surface area contributed by atoms with Gasteiger partial charge in [0.2, 0.25) is 0 Å². The van der Waals surface area contributed by atoms with Gasteiger partial charge in [0.15, 0.2) is 17.3 Å². The van der Waals surface area contributed by atoms with Gasteiger partial charge < -0.3 is 44.8 Å². The molecule has 15 heteroatoms. The molecule has 0 radical (unpaired) electrons. The Morgan fingerprint density at radius 2 is 1.22 bits per heavy atom. The van der Waals surface area contributed by atoms with Crippen LogP contribution >= 0.6 is 0 Å². The minimum atomic E-state index is -1.90. The summed E-state index contributed by atoms with van der Waals surface area (Å²) in [6.07, 6.45) is -11.0. The normalized spacial score (nSPS) is 53.4. The molecule has 0 aromatic heterocycles. The van der Waals surface area contributed by atoms with E-state index in [2.05, 4.69) is 0 Å². The van der Waals surface area contributed by atoms with Gasteiger partial charge in [0.05, 0.1) is 47.3 Å². The monoisotopic (exact) mass is 844 g/mol. The maximum absolute atomic E-state index is 15.8. The van der Waals surface area contributed by atoms with Crippen LogP contribution in [0, 0.1) is 79.3 Å². The van der Waals surface area contributed by atoms with E-state index in [1.807, 2.05) is 0 Å². The molecule has 2 spiro atoms. The van der Waals surface area contributed by atoms with E-state index >= 15 is 9.59 Å². The summed E-state index contributed by atoms with van der Waals surface area (Å²) >= 11 is 0. The molecule has 60 heavy (non-hydrogen) atoms. The molecule has 0 unspecified atom stereocenters. The minimum Gasteiger partial charge on any atom is -0.462 e. The van der Waals surface area contributed by atoms with Gasteiger partial charge in [0.1, 0.15) is 30.2 Å². The fraction of sp³-hybridized carbons (Fsp3) is 0.867. The summed E-state index contributed by atoms with van der Waals surface area (Å²) in [5.74, 6) is -10.5. The lowest BCUT2D eigenvalue weighted by atomic mass is 9.38. The molecule has 0 aliphatic heterocycles. The van der Waals surface area contributed by atoms with Gasteiger partial charge >= 0.3 is 11.9 Å². The second-order valence-corrected chi connectivity index (χ2v) is 22.1. The molecular weight excluding hydrogens is 780 g/mol. The third kappa shape index (κ3) is 5.02. The molecule has 6 N–H and O–H groups in total. The lowest BCUT2D eigenvalue weighted by Gasteiger charge is -2.66. The number of hydrogen-bond donors (Lipinski definition) is 6. The molecule has 8 fully saturated rings. The van der Waals surface area contributed by atoms with Crippen LogP contribution in [-0.4, -0.2) is 128 Å². The number of esters is 2. The van der Waals surface area contributed by atoms with Crippen LogP contribution in [0.2, 0.25) is 0 Å². The number of aliphatic hydroxyl groups excluding tert-OH is 6. The van der Waals surface area contributed by atoms with Crippen molar-refractivity contribution in [1.29, 1.82) is 0 Å². The van der Waals surface area contributed by atoms with E-state index in [0.717, 1.165) is 0 Å². The Morgan fingerprint density at radius 1 is 0.667 bits per heavy atom. The Bertz CT molecular complexity index is 1910. The van der Waals surface area contributed by atoms with Gasteiger partial charge in [-0.25, -0.2) is 0 Å². The predicted octanol–water partition coefficient (Wildman–Crippen LogP) is 1.12. The van der Waals surface area contributed by atoms with Crippen molar-refractivity contribution in [1.82, 2.24) is 0 Å². The Labute approximate surface area is 350 Å². The molecule has 0 aromatic carbocycles. The van der Waals surface area contributed by atoms with E-state index in [4.69, 9.17) is 14.2 Å². The van der Waals surface area contributed by atoms with Crippen molar-refractivity contribution >= 4 is 35.1 Å². The van der Waals surface area contributed by atoms with E-state index in [0.29, 0.717) is 0 Å². The van der Waals surface area contributed by atoms with Gasteiger partial charge in [-0.05, 0) is 43.9 Å². The number of fused-ring (bicyclic) bond motifs is 6. The van der Waals surface area contributed by atoms with Crippen molar-refractivity contribution in [3.8, 4) is 0 Å². The van der Waals surface area contributed by atoms with Crippen LogP contribution < -0.4 is 0 Å². The van der Waals surface area contributed by atoms with Gasteiger partial charge in [-0.3, -0.25) is 28.8 Å². The quantitative estimate of drug-likeness (QED) is 0.205. The average Bonchev–Trinajstić information content (AvgIpc) is 3.45. The first-order valence-corrected chi connectivity index (χ1v) is 21.8. The number of methoxy groups -OCH3 is 1. The van der Waals surface area contributed by atoms with Crippen molar-refractivity contribution < 1.29 is 73.6 Å². The molecule has 0 amide bonds. The molecule has 334 valence electrons. The van der Waals surface area contributed by atoms with Gasteiger partial charge in [-0.15, -0.1) is 0 Å². The molecule has 8 saturated carbocycles. The van der Waals surface area contributed by atoms with E-state index in [1.54, 1.807) is 41.5 Å². The van der Waals surface area contributed by atoms with E-state index in [1.165, 1.54) is 21.0 Å². The Kier molecular flexibility index (Phi) is 9.84. The highest BCUT2D eigenvalue weighted by Gasteiger charge is 2.83. The summed E-state index contributed by atoms with van der Waals surface area (Å²) in [5, 5.41) is 71.2. The van der Waals surface area contributed by atoms with Crippen LogP contribution in [0.4, 0.5) is 0 Å². The zero-order valence-electron chi connectivity index (χ0n) is 36.2. The molecule has 20 atom stereocenters. The first kappa shape index (κ1) is 44.0. The van der Waals surface area contributed by atoms with Gasteiger partial charge in [0.25, 0.3) is 0 Å². The maximum Gasteiger partial charge on any atom is 0.302 e. The van der Waals surface area contributed by atoms with Crippen LogP contribution in [0.3, 0.4) is 0 Å². The highest BCUT2D eigenvalue weighted by Crippen LogP contribution is 2.76. The Balaban J connectivity index is 1.25. The number of aliphatic hydroxyl groups is 6. The zero-order chi connectivity index (χ0) is 44.4. The van der Waals surface area contributed by atoms with E-state index < -0.39 is 163 Å². The van der Waals surface area contributed by atoms with Crippen LogP contribution in [-0.2, 0) is 43.0 Å². The van der Waals surface area contributed by atoms with Gasteiger partial charge in [0, 0.05) is 85.0 Å². The topological polar surface area (TPSA) is 251 Å². The van der Waals surface area contributed by atoms with Crippen molar-refractivity contribution in [3.05, 3.63) is 0 Å². The fourth-order valence-electron chi connectivity index (χ4n) is 16.9. The molecular formula is C45H64O15. The largest absolute Gasteiger partial charge is 0.462 e. The number of rotatable bonds is 6. The van der Waals surface area contributed by atoms with Crippen LogP contribution in [0.5, 0.6) is 0 Å². The van der Waals surface area contributed by atoms with Gasteiger partial charge in [-0.1, -0.05) is 41.5 Å². The Morgan fingerprint density at radius 3 is 1.78 bits per heavy atom. The third-order valence-corrected chi connectivity index (χ3v) is 18.9. The zero-order valence-corrected chi connectivity index (χ0v) is 36.2. The minimum absolute atomic E-state index is 0.00724. The summed E-state index contributed by atoms with van der Waals surface area (Å²) in [5.41, 5.74) is -10.4. The standard InChI is InChI=1S/C45H64O15/c1-18(46)59-24-10-20-14-44(32(24)42(8)28(60-19(2)47)13-26(50)40(5,6)34(42)30(53)36(44)55)35(54)22(20)16-43(17-58-9)21-11-23(48)31-41(7)27(51)12-25(49)39(3,4)33(41)29(52)37(56)45(31,15-21)38(43)57/h20-28,31-34,36-37,48-51,55-56H,10-17H2,1-9H3/t20-,21-,22+,23+,24+,25+,26+,27+,28+,31+,32+,33-,34-,36+,37+,41+,42+,43-,44+,45-/m1/s1. The molecule has 4 bridgehead atoms. The maximum atomic E-state index is 15.8. The average molecular weight is 845 g/mol. The van der Waals surface area contributed by atoms with Crippen LogP contribution in [0.15, 0.2) is 0 Å². The Hall–Kier alpha value is -2.66. The van der Waals surface area contributed by atoms with Crippen molar-refractivity contribution in [2.45, 2.75) is 149 Å².